The molecule has 1 aliphatic rings. The van der Waals surface area contributed by atoms with Crippen LogP contribution in [-0.2, 0) is 0 Å². The van der Waals surface area contributed by atoms with Gasteiger partial charge in [0.1, 0.15) is 0 Å². The van der Waals surface area contributed by atoms with Gasteiger partial charge in [0.25, 0.3) is 0 Å². The molecular formula is C6H12FSn. The van der Waals surface area contributed by atoms with Crippen molar-refractivity contribution in [2.45, 2.75) is 38.5 Å². The summed E-state index contributed by atoms with van der Waals surface area (Å²) < 4.78 is 0. The van der Waals surface area contributed by atoms with Crippen LogP contribution in [-0.4, -0.2) is 23.9 Å². The van der Waals surface area contributed by atoms with Crippen molar-refractivity contribution in [3.63, 3.8) is 0 Å². The molecule has 0 unspecified atom stereocenters. The van der Waals surface area contributed by atoms with E-state index in [0.717, 1.165) is 0 Å². The molecule has 0 bridgehead atoms. The molecule has 0 aliphatic heterocycles. The predicted molar refractivity (Wildman–Crippen MR) is 34.6 cm³/mol. The summed E-state index contributed by atoms with van der Waals surface area (Å²) >= 11 is 0. The van der Waals surface area contributed by atoms with Crippen molar-refractivity contribution in [1.29, 1.82) is 0 Å². The Balaban J connectivity index is 0. The van der Waals surface area contributed by atoms with Gasteiger partial charge < -0.3 is 0 Å². The average Bonchev–Trinajstić information content (AvgIpc) is 1.72. The van der Waals surface area contributed by atoms with Crippen LogP contribution in [0.2, 0.25) is 0 Å². The van der Waals surface area contributed by atoms with Crippen molar-refractivity contribution in [3.8, 4) is 0 Å². The summed E-state index contributed by atoms with van der Waals surface area (Å²) in [7, 11) is 0. The predicted octanol–water partition coefficient (Wildman–Crippen LogP) is 2.38. The van der Waals surface area contributed by atoms with E-state index in [0.29, 0.717) is 0 Å². The number of halogens is 1. The van der Waals surface area contributed by atoms with E-state index >= 15 is 0 Å². The SMILES string of the molecule is C1CCCCC1.[F].[Sn]. The Morgan fingerprint density at radius 1 is 0.500 bits per heavy atom. The molecule has 0 amide bonds. The van der Waals surface area contributed by atoms with Crippen molar-refractivity contribution in [1.82, 2.24) is 0 Å². The molecule has 0 spiro atoms. The van der Waals surface area contributed by atoms with Gasteiger partial charge in [0.2, 0.25) is 0 Å². The van der Waals surface area contributed by atoms with Gasteiger partial charge in [-0.3, -0.25) is 0 Å². The van der Waals surface area contributed by atoms with Crippen LogP contribution in [0.1, 0.15) is 38.5 Å². The van der Waals surface area contributed by atoms with Crippen LogP contribution in [0.5, 0.6) is 0 Å². The number of rotatable bonds is 0. The van der Waals surface area contributed by atoms with Gasteiger partial charge in [0, 0.05) is 28.6 Å². The van der Waals surface area contributed by atoms with Crippen LogP contribution in [0.25, 0.3) is 0 Å². The van der Waals surface area contributed by atoms with Gasteiger partial charge in [0.15, 0.2) is 0 Å². The molecule has 1 fully saturated rings. The standard InChI is InChI=1S/C6H12.F.Sn/c1-2-4-6-5-3-1;;/h1-6H2;;. The second kappa shape index (κ2) is 7.73. The average molecular weight is 222 g/mol. The number of hydrogen-bond acceptors (Lipinski definition) is 0. The summed E-state index contributed by atoms with van der Waals surface area (Å²) in [6.45, 7) is 0. The van der Waals surface area contributed by atoms with Gasteiger partial charge >= 0.3 is 0 Å². The Morgan fingerprint density at radius 3 is 0.750 bits per heavy atom. The monoisotopic (exact) mass is 223 g/mol. The van der Waals surface area contributed by atoms with Crippen LogP contribution in [0.15, 0.2) is 0 Å². The molecule has 0 N–H and O–H groups in total. The Hall–Kier alpha value is 0.729. The van der Waals surface area contributed by atoms with Gasteiger partial charge in [-0.25, -0.2) is 0 Å². The zero-order valence-electron chi connectivity index (χ0n) is 5.12. The smallest absolute Gasteiger partial charge is 0 e. The first-order valence-electron chi connectivity index (χ1n) is 3.00. The Kier molecular flexibility index (Phi) is 11.1. The Morgan fingerprint density at radius 2 is 0.625 bits per heavy atom. The summed E-state index contributed by atoms with van der Waals surface area (Å²) in [5.74, 6) is 0. The third-order valence-electron chi connectivity index (χ3n) is 1.50. The molecule has 0 heterocycles. The van der Waals surface area contributed by atoms with Gasteiger partial charge in [-0.05, 0) is 0 Å². The molecule has 1 rings (SSSR count). The molecule has 0 aromatic heterocycles. The fourth-order valence-corrected chi connectivity index (χ4v) is 1.06. The van der Waals surface area contributed by atoms with Crippen molar-refractivity contribution in [2.24, 2.45) is 0 Å². The van der Waals surface area contributed by atoms with Crippen LogP contribution < -0.4 is 0 Å². The first-order chi connectivity index (χ1) is 3.00. The molecule has 5 radical (unpaired) electrons. The topological polar surface area (TPSA) is 0 Å². The molecule has 0 aromatic carbocycles. The molecule has 0 saturated heterocycles. The summed E-state index contributed by atoms with van der Waals surface area (Å²) in [4.78, 5) is 0. The van der Waals surface area contributed by atoms with E-state index in [9.17, 15) is 0 Å². The Labute approximate surface area is 67.4 Å². The van der Waals surface area contributed by atoms with E-state index in [-0.39, 0.29) is 28.6 Å². The van der Waals surface area contributed by atoms with Gasteiger partial charge in [-0.2, -0.15) is 0 Å². The first-order valence-corrected chi connectivity index (χ1v) is 3.00. The van der Waals surface area contributed by atoms with E-state index in [4.69, 9.17) is 0 Å². The third-order valence-corrected chi connectivity index (χ3v) is 1.50. The Bertz CT molecular complexity index is 24.0. The molecule has 1 aliphatic carbocycles. The fourth-order valence-electron chi connectivity index (χ4n) is 1.06. The van der Waals surface area contributed by atoms with Crippen molar-refractivity contribution in [2.75, 3.05) is 0 Å². The zero-order valence-corrected chi connectivity index (χ0v) is 7.97. The minimum atomic E-state index is 0. The summed E-state index contributed by atoms with van der Waals surface area (Å²) in [6, 6.07) is 0. The zero-order chi connectivity index (χ0) is 4.24. The quantitative estimate of drug-likeness (QED) is 0.552. The maximum Gasteiger partial charge on any atom is 0 e. The largest absolute Gasteiger partial charge is 0.0533 e. The maximum atomic E-state index is 1.50. The van der Waals surface area contributed by atoms with E-state index < -0.39 is 0 Å². The van der Waals surface area contributed by atoms with Gasteiger partial charge in [0.05, 0.1) is 0 Å². The minimum Gasteiger partial charge on any atom is -0.0533 e. The molecule has 8 heavy (non-hydrogen) atoms. The third kappa shape index (κ3) is 4.88. The van der Waals surface area contributed by atoms with Gasteiger partial charge in [-0.1, -0.05) is 38.5 Å². The van der Waals surface area contributed by atoms with Gasteiger partial charge in [-0.15, -0.1) is 0 Å². The maximum absolute atomic E-state index is 1.50. The second-order valence-electron chi connectivity index (χ2n) is 2.12. The minimum absolute atomic E-state index is 0. The van der Waals surface area contributed by atoms with E-state index in [2.05, 4.69) is 0 Å². The van der Waals surface area contributed by atoms with E-state index in [1.165, 1.54) is 38.5 Å². The van der Waals surface area contributed by atoms with Crippen molar-refractivity contribution >= 4 is 23.9 Å². The fraction of sp³-hybridized carbons (Fsp3) is 1.00. The molecule has 0 atom stereocenters. The van der Waals surface area contributed by atoms with E-state index in [1.54, 1.807) is 0 Å². The molecule has 1 saturated carbocycles. The van der Waals surface area contributed by atoms with Crippen molar-refractivity contribution in [3.05, 3.63) is 0 Å². The van der Waals surface area contributed by atoms with Crippen molar-refractivity contribution < 1.29 is 4.70 Å². The van der Waals surface area contributed by atoms with E-state index in [1.807, 2.05) is 0 Å². The van der Waals surface area contributed by atoms with Crippen LogP contribution in [0, 0.1) is 0 Å². The number of hydrogen-bond donors (Lipinski definition) is 0. The summed E-state index contributed by atoms with van der Waals surface area (Å²) in [5.41, 5.74) is 0. The van der Waals surface area contributed by atoms with Crippen LogP contribution in [0.4, 0.5) is 4.70 Å². The molecular weight excluding hydrogens is 210 g/mol. The van der Waals surface area contributed by atoms with Crippen LogP contribution in [0.3, 0.4) is 0 Å². The summed E-state index contributed by atoms with van der Waals surface area (Å²) in [6.07, 6.45) is 9.00. The summed E-state index contributed by atoms with van der Waals surface area (Å²) in [5, 5.41) is 0. The molecule has 47 valence electrons. The first kappa shape index (κ1) is 11.5. The molecule has 0 aromatic rings. The second-order valence-corrected chi connectivity index (χ2v) is 2.12. The normalized spacial score (nSPS) is 18.0. The molecule has 2 heteroatoms. The van der Waals surface area contributed by atoms with Crippen LogP contribution >= 0.6 is 0 Å². The molecule has 0 nitrogen and oxygen atoms in total.